The molecule has 6 aromatic carbocycles. The Bertz CT molecular complexity index is 2600. The molecule has 0 saturated heterocycles. The number of fused-ring (bicyclic) bond motifs is 2. The van der Waals surface area contributed by atoms with Crippen molar-refractivity contribution in [1.29, 1.82) is 0 Å². The lowest BCUT2D eigenvalue weighted by atomic mass is 10.1. The van der Waals surface area contributed by atoms with Crippen molar-refractivity contribution < 1.29 is 50.5 Å². The number of carbonyl (C=O) groups is 3. The maximum Gasteiger partial charge on any atom is 0.328 e. The smallest absolute Gasteiger partial charge is 0.328 e. The van der Waals surface area contributed by atoms with Crippen LogP contribution >= 0.6 is 0 Å². The molecular formula is C37H30N4O11S2. The van der Waals surface area contributed by atoms with Crippen molar-refractivity contribution in [2.24, 2.45) is 0 Å². The van der Waals surface area contributed by atoms with E-state index in [9.17, 15) is 50.5 Å². The Morgan fingerprint density at radius 1 is 0.500 bits per heavy atom. The Morgan fingerprint density at radius 2 is 0.889 bits per heavy atom. The summed E-state index contributed by atoms with van der Waals surface area (Å²) in [4.78, 5) is 37.7. The van der Waals surface area contributed by atoms with Crippen molar-refractivity contribution in [2.75, 3.05) is 10.6 Å². The van der Waals surface area contributed by atoms with Gasteiger partial charge in [-0.25, -0.2) is 4.79 Å². The third-order valence-electron chi connectivity index (χ3n) is 8.54. The summed E-state index contributed by atoms with van der Waals surface area (Å²) in [5.74, 6) is -2.93. The van der Waals surface area contributed by atoms with Crippen LogP contribution in [0.15, 0.2) is 107 Å². The van der Waals surface area contributed by atoms with E-state index in [1.807, 2.05) is 0 Å². The first-order valence-electron chi connectivity index (χ1n) is 15.8. The lowest BCUT2D eigenvalue weighted by Crippen LogP contribution is -2.42. The van der Waals surface area contributed by atoms with Gasteiger partial charge in [-0.1, -0.05) is 48.5 Å². The number of phenols is 2. The minimum Gasteiger partial charge on any atom is -0.506 e. The summed E-state index contributed by atoms with van der Waals surface area (Å²) in [5, 5.41) is 32.6. The topological polar surface area (TPSA) is 249 Å². The number of carbonyl (C=O) groups excluding carboxylic acids is 3. The molecule has 0 saturated carbocycles. The van der Waals surface area contributed by atoms with Crippen LogP contribution in [0.3, 0.4) is 0 Å². The van der Waals surface area contributed by atoms with Crippen molar-refractivity contribution in [3.8, 4) is 11.5 Å². The molecule has 0 aliphatic carbocycles. The van der Waals surface area contributed by atoms with Crippen LogP contribution in [-0.2, 0) is 20.2 Å². The first-order valence-corrected chi connectivity index (χ1v) is 18.7. The third kappa shape index (κ3) is 7.50. The lowest BCUT2D eigenvalue weighted by Gasteiger charge is -2.15. The molecule has 0 aliphatic rings. The zero-order chi connectivity index (χ0) is 39.1. The molecule has 0 aliphatic heterocycles. The second-order valence-electron chi connectivity index (χ2n) is 12.1. The Balaban J connectivity index is 1.16. The van der Waals surface area contributed by atoms with E-state index in [1.54, 1.807) is 50.2 Å². The van der Waals surface area contributed by atoms with Crippen molar-refractivity contribution in [3.05, 3.63) is 119 Å². The van der Waals surface area contributed by atoms with Crippen LogP contribution in [0.1, 0.15) is 31.8 Å². The summed E-state index contributed by atoms with van der Waals surface area (Å²) in [7, 11) is -9.36. The molecule has 8 N–H and O–H groups in total. The molecule has 276 valence electrons. The van der Waals surface area contributed by atoms with E-state index >= 15 is 0 Å². The summed E-state index contributed by atoms with van der Waals surface area (Å²) in [5.41, 5.74) is 3.22. The number of benzene rings is 6. The van der Waals surface area contributed by atoms with Crippen molar-refractivity contribution >= 4 is 82.4 Å². The maximum atomic E-state index is 13.1. The fourth-order valence-electron chi connectivity index (χ4n) is 5.75. The van der Waals surface area contributed by atoms with Gasteiger partial charge in [0.05, 0.1) is 0 Å². The highest BCUT2D eigenvalue weighted by atomic mass is 32.2. The number of urea groups is 1. The van der Waals surface area contributed by atoms with Crippen LogP contribution in [0.5, 0.6) is 11.5 Å². The minimum absolute atomic E-state index is 0.0501. The van der Waals surface area contributed by atoms with Gasteiger partial charge < -0.3 is 20.8 Å². The molecule has 0 fully saturated rings. The van der Waals surface area contributed by atoms with E-state index in [-0.39, 0.29) is 21.9 Å². The molecule has 0 bridgehead atoms. The number of hydrogen-bond donors (Lipinski definition) is 8. The average Bonchev–Trinajstić information content (AvgIpc) is 3.09. The molecule has 54 heavy (non-hydrogen) atoms. The van der Waals surface area contributed by atoms with Crippen LogP contribution < -0.4 is 21.3 Å². The Kier molecular flexibility index (Phi) is 9.74. The summed E-state index contributed by atoms with van der Waals surface area (Å²) < 4.78 is 65.5. The Morgan fingerprint density at radius 3 is 1.26 bits per heavy atom. The predicted molar refractivity (Wildman–Crippen MR) is 200 cm³/mol. The SMILES string of the molecule is Cc1ccc(C(=O)NC(=O)NC(=O)c2ccc(C)c(Nc3cccc4c(O)c(S(=O)(=O)O)ccc34)c2)cc1Nc1cccc2c(O)c(S(=O)(=O)O)ccc12. The highest BCUT2D eigenvalue weighted by Crippen LogP contribution is 2.38. The summed E-state index contributed by atoms with van der Waals surface area (Å²) >= 11 is 0. The first-order chi connectivity index (χ1) is 25.4. The molecule has 0 heterocycles. The zero-order valence-electron chi connectivity index (χ0n) is 28.2. The molecular weight excluding hydrogens is 741 g/mol. The molecule has 0 spiro atoms. The van der Waals surface area contributed by atoms with Gasteiger partial charge in [-0.15, -0.1) is 0 Å². The fourth-order valence-corrected chi connectivity index (χ4v) is 6.93. The third-order valence-corrected chi connectivity index (χ3v) is 10.3. The zero-order valence-corrected chi connectivity index (χ0v) is 29.8. The fraction of sp³-hybridized carbons (Fsp3) is 0.0541. The van der Waals surface area contributed by atoms with Gasteiger partial charge in [0, 0.05) is 55.4 Å². The Labute approximate surface area is 307 Å². The Hall–Kier alpha value is -6.53. The number of hydrogen-bond acceptors (Lipinski definition) is 11. The number of anilines is 4. The maximum absolute atomic E-state index is 13.1. The van der Waals surface area contributed by atoms with E-state index in [4.69, 9.17) is 0 Å². The molecule has 4 amide bonds. The molecule has 6 rings (SSSR count). The second-order valence-corrected chi connectivity index (χ2v) is 14.9. The number of imide groups is 2. The number of rotatable bonds is 8. The van der Waals surface area contributed by atoms with Gasteiger partial charge in [-0.2, -0.15) is 16.8 Å². The predicted octanol–water partition coefficient (Wildman–Crippen LogP) is 6.28. The highest BCUT2D eigenvalue weighted by Gasteiger charge is 2.21. The number of phenolic OH excluding ortho intramolecular Hbond substituents is 2. The molecule has 17 heteroatoms. The quantitative estimate of drug-likeness (QED) is 0.0795. The van der Waals surface area contributed by atoms with E-state index in [0.717, 1.165) is 12.1 Å². The van der Waals surface area contributed by atoms with Gasteiger partial charge in [0.2, 0.25) is 0 Å². The molecule has 6 aromatic rings. The molecule has 0 unspecified atom stereocenters. The molecule has 15 nitrogen and oxygen atoms in total. The largest absolute Gasteiger partial charge is 0.506 e. The van der Waals surface area contributed by atoms with Crippen LogP contribution in [0.4, 0.5) is 27.5 Å². The van der Waals surface area contributed by atoms with Gasteiger partial charge in [0.25, 0.3) is 32.1 Å². The summed E-state index contributed by atoms with van der Waals surface area (Å²) in [6, 6.07) is 22.3. The van der Waals surface area contributed by atoms with E-state index in [0.29, 0.717) is 44.6 Å². The van der Waals surface area contributed by atoms with Crippen LogP contribution in [-0.4, -0.2) is 54.0 Å². The van der Waals surface area contributed by atoms with Crippen LogP contribution in [0.25, 0.3) is 21.5 Å². The lowest BCUT2D eigenvalue weighted by molar-refractivity contribution is 0.0944. The minimum atomic E-state index is -4.68. The van der Waals surface area contributed by atoms with Crippen molar-refractivity contribution in [3.63, 3.8) is 0 Å². The molecule has 0 aromatic heterocycles. The van der Waals surface area contributed by atoms with E-state index < -0.39 is 59.4 Å². The van der Waals surface area contributed by atoms with E-state index in [2.05, 4.69) is 21.3 Å². The molecule has 0 atom stereocenters. The van der Waals surface area contributed by atoms with Crippen molar-refractivity contribution in [2.45, 2.75) is 23.6 Å². The summed E-state index contributed by atoms with van der Waals surface area (Å²) in [6.07, 6.45) is 0. The van der Waals surface area contributed by atoms with Gasteiger partial charge in [-0.05, 0) is 73.5 Å². The van der Waals surface area contributed by atoms with E-state index in [1.165, 1.54) is 48.5 Å². The first kappa shape index (κ1) is 37.2. The second kappa shape index (κ2) is 14.1. The van der Waals surface area contributed by atoms with Gasteiger partial charge in [0.15, 0.2) is 0 Å². The monoisotopic (exact) mass is 770 g/mol. The highest BCUT2D eigenvalue weighted by molar-refractivity contribution is 7.86. The number of aryl methyl sites for hydroxylation is 2. The average molecular weight is 771 g/mol. The van der Waals surface area contributed by atoms with Crippen LogP contribution in [0, 0.1) is 13.8 Å². The molecule has 0 radical (unpaired) electrons. The number of aromatic hydroxyl groups is 2. The standard InChI is InChI=1S/C37H30N4O11S2/c1-19-9-11-21(17-29(19)38-27-7-3-5-25-23(27)13-15-31(33(25)42)53(47,48)49)35(44)40-37(46)41-36(45)22-12-10-20(2)30(18-22)39-28-8-4-6-26-24(28)14-16-32(34(26)43)54(50,51)52/h3-18,38-39,42-43H,1-2H3,(H,47,48,49)(H,50,51,52)(H2,40,41,44,45,46). The number of amides is 4. The van der Waals surface area contributed by atoms with Gasteiger partial charge in [0.1, 0.15) is 21.3 Å². The van der Waals surface area contributed by atoms with Gasteiger partial charge in [-0.3, -0.25) is 29.3 Å². The number of nitrogens with one attached hydrogen (secondary N) is 4. The normalized spacial score (nSPS) is 11.6. The van der Waals surface area contributed by atoms with Crippen LogP contribution in [0.2, 0.25) is 0 Å². The van der Waals surface area contributed by atoms with Gasteiger partial charge >= 0.3 is 6.03 Å². The summed E-state index contributed by atoms with van der Waals surface area (Å²) in [6.45, 7) is 3.51. The van der Waals surface area contributed by atoms with Crippen molar-refractivity contribution in [1.82, 2.24) is 10.6 Å².